The molecule has 0 radical (unpaired) electrons. The quantitative estimate of drug-likeness (QED) is 0.770. The Kier molecular flexibility index (Phi) is 3.94. The summed E-state index contributed by atoms with van der Waals surface area (Å²) in [4.78, 5) is 27.8. The first-order valence-electron chi connectivity index (χ1n) is 8.78. The molecular weight excluding hydrogens is 332 g/mol. The van der Waals surface area contributed by atoms with Crippen LogP contribution in [-0.4, -0.2) is 46.8 Å². The molecule has 1 aromatic carbocycles. The number of amides is 1. The topological polar surface area (TPSA) is 67.7 Å². The number of esters is 1. The number of hydrogen-bond acceptors (Lipinski definition) is 5. The molecule has 2 aliphatic rings. The van der Waals surface area contributed by atoms with E-state index in [-0.39, 0.29) is 11.9 Å². The normalized spacial score (nSPS) is 15.7. The first-order valence-corrected chi connectivity index (χ1v) is 8.78. The molecule has 0 fully saturated rings. The lowest BCUT2D eigenvalue weighted by Gasteiger charge is -2.28. The van der Waals surface area contributed by atoms with E-state index >= 15 is 0 Å². The number of methoxy groups -OCH3 is 1. The van der Waals surface area contributed by atoms with Crippen LogP contribution in [0.25, 0.3) is 0 Å². The van der Waals surface area contributed by atoms with Crippen LogP contribution in [0.15, 0.2) is 18.2 Å². The van der Waals surface area contributed by atoms with E-state index in [1.165, 1.54) is 18.4 Å². The Morgan fingerprint density at radius 1 is 1.19 bits per heavy atom. The van der Waals surface area contributed by atoms with Crippen LogP contribution in [0, 0.1) is 0 Å². The SMILES string of the molecule is COC(=O)c1ccc2c(c1)N(c1nn(C)c3c1CN(C(C)=O)CC3)CC2. The van der Waals surface area contributed by atoms with Crippen LogP contribution >= 0.6 is 0 Å². The lowest BCUT2D eigenvalue weighted by atomic mass is 10.1. The zero-order valence-electron chi connectivity index (χ0n) is 15.3. The highest BCUT2D eigenvalue weighted by Gasteiger charge is 2.31. The molecule has 2 aliphatic heterocycles. The highest BCUT2D eigenvalue weighted by atomic mass is 16.5. The van der Waals surface area contributed by atoms with Crippen LogP contribution in [0.2, 0.25) is 0 Å². The van der Waals surface area contributed by atoms with Gasteiger partial charge in [-0.15, -0.1) is 0 Å². The molecular formula is C19H22N4O3. The third-order valence-electron chi connectivity index (χ3n) is 5.32. The van der Waals surface area contributed by atoms with Crippen LogP contribution in [0.5, 0.6) is 0 Å². The fourth-order valence-corrected chi connectivity index (χ4v) is 3.90. The lowest BCUT2D eigenvalue weighted by Crippen LogP contribution is -2.35. The summed E-state index contributed by atoms with van der Waals surface area (Å²) >= 11 is 0. The van der Waals surface area contributed by atoms with Crippen molar-refractivity contribution in [1.82, 2.24) is 14.7 Å². The zero-order chi connectivity index (χ0) is 18.4. The number of carbonyl (C=O) groups excluding carboxylic acids is 2. The van der Waals surface area contributed by atoms with E-state index in [0.717, 1.165) is 43.0 Å². The minimum absolute atomic E-state index is 0.0836. The molecule has 0 atom stereocenters. The van der Waals surface area contributed by atoms with E-state index < -0.39 is 0 Å². The number of hydrogen-bond donors (Lipinski definition) is 0. The number of carbonyl (C=O) groups is 2. The number of rotatable bonds is 2. The van der Waals surface area contributed by atoms with Gasteiger partial charge in [0.15, 0.2) is 5.82 Å². The summed E-state index contributed by atoms with van der Waals surface area (Å²) in [6, 6.07) is 5.67. The molecule has 2 aromatic rings. The second-order valence-electron chi connectivity index (χ2n) is 6.80. The van der Waals surface area contributed by atoms with E-state index in [0.29, 0.717) is 12.1 Å². The van der Waals surface area contributed by atoms with Gasteiger partial charge in [0, 0.05) is 50.4 Å². The van der Waals surface area contributed by atoms with Gasteiger partial charge in [0.05, 0.1) is 19.2 Å². The largest absolute Gasteiger partial charge is 0.465 e. The highest BCUT2D eigenvalue weighted by Crippen LogP contribution is 2.38. The third kappa shape index (κ3) is 2.55. The Labute approximate surface area is 152 Å². The molecule has 0 aliphatic carbocycles. The average Bonchev–Trinajstić information content (AvgIpc) is 3.21. The van der Waals surface area contributed by atoms with E-state index in [1.54, 1.807) is 13.0 Å². The minimum atomic E-state index is -0.342. The van der Waals surface area contributed by atoms with Crippen molar-refractivity contribution < 1.29 is 14.3 Å². The molecule has 4 rings (SSSR count). The molecule has 136 valence electrons. The van der Waals surface area contributed by atoms with Crippen molar-refractivity contribution in [3.05, 3.63) is 40.6 Å². The van der Waals surface area contributed by atoms with Gasteiger partial charge in [0.25, 0.3) is 0 Å². The van der Waals surface area contributed by atoms with Gasteiger partial charge >= 0.3 is 5.97 Å². The standard InChI is InChI=1S/C19H22N4O3/c1-12(24)22-8-7-16-15(11-22)18(20-21(16)2)23-9-6-13-4-5-14(10-17(13)23)19(25)26-3/h4-5,10H,6-9,11H2,1-3H3. The Morgan fingerprint density at radius 2 is 2.00 bits per heavy atom. The van der Waals surface area contributed by atoms with Crippen molar-refractivity contribution >= 4 is 23.4 Å². The number of fused-ring (bicyclic) bond motifs is 2. The van der Waals surface area contributed by atoms with Crippen molar-refractivity contribution in [2.45, 2.75) is 26.3 Å². The zero-order valence-corrected chi connectivity index (χ0v) is 15.3. The third-order valence-corrected chi connectivity index (χ3v) is 5.32. The summed E-state index contributed by atoms with van der Waals surface area (Å²) in [6.07, 6.45) is 1.71. The molecule has 0 unspecified atom stereocenters. The summed E-state index contributed by atoms with van der Waals surface area (Å²) in [5.74, 6) is 0.625. The molecule has 1 aromatic heterocycles. The molecule has 3 heterocycles. The molecule has 0 N–H and O–H groups in total. The van der Waals surface area contributed by atoms with Gasteiger partial charge < -0.3 is 14.5 Å². The van der Waals surface area contributed by atoms with Crippen molar-refractivity contribution in [1.29, 1.82) is 0 Å². The Bertz CT molecular complexity index is 902. The number of anilines is 2. The number of benzene rings is 1. The molecule has 1 amide bonds. The van der Waals surface area contributed by atoms with Gasteiger partial charge in [-0.2, -0.15) is 5.10 Å². The maximum absolute atomic E-state index is 11.9. The highest BCUT2D eigenvalue weighted by molar-refractivity contribution is 5.91. The first kappa shape index (κ1) is 16.6. The fourth-order valence-electron chi connectivity index (χ4n) is 3.90. The molecule has 7 nitrogen and oxygen atoms in total. The van der Waals surface area contributed by atoms with Crippen LogP contribution in [0.4, 0.5) is 11.5 Å². The maximum Gasteiger partial charge on any atom is 0.337 e. The van der Waals surface area contributed by atoms with E-state index in [9.17, 15) is 9.59 Å². The number of aromatic nitrogens is 2. The fraction of sp³-hybridized carbons (Fsp3) is 0.421. The van der Waals surface area contributed by atoms with Crippen molar-refractivity contribution in [3.63, 3.8) is 0 Å². The second-order valence-corrected chi connectivity index (χ2v) is 6.80. The van der Waals surface area contributed by atoms with Gasteiger partial charge in [-0.3, -0.25) is 9.48 Å². The summed E-state index contributed by atoms with van der Waals surface area (Å²) in [6.45, 7) is 3.72. The van der Waals surface area contributed by atoms with Crippen molar-refractivity contribution in [3.8, 4) is 0 Å². The van der Waals surface area contributed by atoms with Crippen LogP contribution in [0.3, 0.4) is 0 Å². The van der Waals surface area contributed by atoms with E-state index in [1.807, 2.05) is 28.8 Å². The Balaban J connectivity index is 1.75. The van der Waals surface area contributed by atoms with E-state index in [2.05, 4.69) is 4.90 Å². The van der Waals surface area contributed by atoms with Crippen LogP contribution in [0.1, 0.15) is 34.1 Å². The molecule has 0 saturated carbocycles. The number of ether oxygens (including phenoxy) is 1. The van der Waals surface area contributed by atoms with Crippen molar-refractivity contribution in [2.24, 2.45) is 7.05 Å². The number of aryl methyl sites for hydroxylation is 1. The maximum atomic E-state index is 11.9. The van der Waals surface area contributed by atoms with Gasteiger partial charge in [0.1, 0.15) is 0 Å². The summed E-state index contributed by atoms with van der Waals surface area (Å²) in [5.41, 5.74) is 5.00. The van der Waals surface area contributed by atoms with Gasteiger partial charge in [0.2, 0.25) is 5.91 Å². The Morgan fingerprint density at radius 3 is 2.73 bits per heavy atom. The number of nitrogens with zero attached hydrogens (tertiary/aromatic N) is 4. The second kappa shape index (κ2) is 6.16. The minimum Gasteiger partial charge on any atom is -0.465 e. The van der Waals surface area contributed by atoms with Crippen molar-refractivity contribution in [2.75, 3.05) is 25.1 Å². The van der Waals surface area contributed by atoms with Gasteiger partial charge in [-0.05, 0) is 24.1 Å². The van der Waals surface area contributed by atoms with Crippen LogP contribution in [-0.2, 0) is 36.0 Å². The van der Waals surface area contributed by atoms with Crippen LogP contribution < -0.4 is 4.90 Å². The monoisotopic (exact) mass is 354 g/mol. The lowest BCUT2D eigenvalue weighted by molar-refractivity contribution is -0.129. The predicted octanol–water partition coefficient (Wildman–Crippen LogP) is 1.81. The van der Waals surface area contributed by atoms with Gasteiger partial charge in [-0.1, -0.05) is 6.07 Å². The van der Waals surface area contributed by atoms with E-state index in [4.69, 9.17) is 9.84 Å². The molecule has 0 spiro atoms. The molecule has 0 saturated heterocycles. The average molecular weight is 354 g/mol. The first-order chi connectivity index (χ1) is 12.5. The summed E-state index contributed by atoms with van der Waals surface area (Å²) in [7, 11) is 3.34. The predicted molar refractivity (Wildman–Crippen MR) is 96.5 cm³/mol. The molecule has 0 bridgehead atoms. The molecule has 26 heavy (non-hydrogen) atoms. The summed E-state index contributed by atoms with van der Waals surface area (Å²) in [5, 5.41) is 4.75. The smallest absolute Gasteiger partial charge is 0.337 e. The Hall–Kier alpha value is -2.83. The molecule has 7 heteroatoms. The van der Waals surface area contributed by atoms with Gasteiger partial charge in [-0.25, -0.2) is 4.79 Å². The summed E-state index contributed by atoms with van der Waals surface area (Å²) < 4.78 is 6.77.